The maximum absolute atomic E-state index is 12.3. The smallest absolute Gasteiger partial charge is 0.255 e. The molecule has 104 valence electrons. The van der Waals surface area contributed by atoms with E-state index in [1.807, 2.05) is 4.90 Å². The van der Waals surface area contributed by atoms with Gasteiger partial charge in [0, 0.05) is 19.3 Å². The molecule has 1 aliphatic rings. The molecular weight excluding hydrogens is 238 g/mol. The van der Waals surface area contributed by atoms with Crippen molar-refractivity contribution in [2.75, 3.05) is 18.8 Å². The topological polar surface area (TPSA) is 59.2 Å². The maximum atomic E-state index is 12.3. The van der Waals surface area contributed by atoms with Gasteiger partial charge in [0.05, 0.1) is 5.56 Å². The first kappa shape index (κ1) is 13.8. The summed E-state index contributed by atoms with van der Waals surface area (Å²) in [6.45, 7) is 8.51. The highest BCUT2D eigenvalue weighted by Gasteiger charge is 2.30. The molecule has 19 heavy (non-hydrogen) atoms. The fraction of sp³-hybridized carbons (Fsp3) is 0.600. The quantitative estimate of drug-likeness (QED) is 0.845. The number of nitrogens with two attached hydrogens (primary N) is 1. The van der Waals surface area contributed by atoms with Crippen LogP contribution < -0.4 is 5.73 Å². The third-order valence-corrected chi connectivity index (χ3v) is 4.04. The van der Waals surface area contributed by atoms with Crippen LogP contribution in [0, 0.1) is 11.3 Å². The van der Waals surface area contributed by atoms with Crippen molar-refractivity contribution in [1.82, 2.24) is 9.88 Å². The predicted molar refractivity (Wildman–Crippen MR) is 76.7 cm³/mol. The van der Waals surface area contributed by atoms with E-state index in [-0.39, 0.29) is 5.91 Å². The van der Waals surface area contributed by atoms with Crippen LogP contribution in [0.4, 0.5) is 5.82 Å². The van der Waals surface area contributed by atoms with E-state index < -0.39 is 0 Å². The Morgan fingerprint density at radius 1 is 1.32 bits per heavy atom. The lowest BCUT2D eigenvalue weighted by Gasteiger charge is -2.38. The van der Waals surface area contributed by atoms with Crippen LogP contribution in [0.2, 0.25) is 0 Å². The summed E-state index contributed by atoms with van der Waals surface area (Å²) >= 11 is 0. The molecule has 0 aliphatic carbocycles. The number of nitrogens with zero attached hydrogens (tertiary/aromatic N) is 2. The van der Waals surface area contributed by atoms with Gasteiger partial charge in [0.2, 0.25) is 0 Å². The van der Waals surface area contributed by atoms with Crippen molar-refractivity contribution in [3.05, 3.63) is 23.9 Å². The predicted octanol–water partition coefficient (Wildman–Crippen LogP) is 2.56. The standard InChI is InChI=1S/C15H23N3O/c1-15(2,3)12-6-8-18(9-7-12)14(19)11-4-5-13(16)17-10-11/h4-5,10,12H,6-9H2,1-3H3,(H2,16,17). The summed E-state index contributed by atoms with van der Waals surface area (Å²) in [6.07, 6.45) is 3.72. The largest absolute Gasteiger partial charge is 0.384 e. The van der Waals surface area contributed by atoms with Crippen molar-refractivity contribution in [1.29, 1.82) is 0 Å². The number of piperidine rings is 1. The molecule has 0 saturated carbocycles. The Morgan fingerprint density at radius 3 is 2.42 bits per heavy atom. The van der Waals surface area contributed by atoms with Gasteiger partial charge in [-0.25, -0.2) is 4.98 Å². The molecule has 4 nitrogen and oxygen atoms in total. The fourth-order valence-electron chi connectivity index (χ4n) is 2.66. The molecule has 1 aliphatic heterocycles. The molecule has 4 heteroatoms. The minimum Gasteiger partial charge on any atom is -0.384 e. The molecule has 2 N–H and O–H groups in total. The number of nitrogen functional groups attached to an aromatic ring is 1. The molecule has 0 aromatic carbocycles. The van der Waals surface area contributed by atoms with E-state index in [1.54, 1.807) is 18.3 Å². The van der Waals surface area contributed by atoms with E-state index in [0.29, 0.717) is 22.7 Å². The normalized spacial score (nSPS) is 17.5. The Hall–Kier alpha value is -1.58. The van der Waals surface area contributed by atoms with E-state index >= 15 is 0 Å². The summed E-state index contributed by atoms with van der Waals surface area (Å²) in [6, 6.07) is 3.43. The maximum Gasteiger partial charge on any atom is 0.255 e. The van der Waals surface area contributed by atoms with E-state index in [2.05, 4.69) is 25.8 Å². The summed E-state index contributed by atoms with van der Waals surface area (Å²) in [4.78, 5) is 18.2. The average Bonchev–Trinajstić information content (AvgIpc) is 2.38. The number of aromatic nitrogens is 1. The second kappa shape index (κ2) is 5.19. The molecule has 1 aromatic rings. The minimum atomic E-state index is 0.0693. The van der Waals surface area contributed by atoms with Crippen LogP contribution in [0.5, 0.6) is 0 Å². The molecule has 1 amide bonds. The molecule has 1 fully saturated rings. The van der Waals surface area contributed by atoms with Gasteiger partial charge in [0.25, 0.3) is 5.91 Å². The summed E-state index contributed by atoms with van der Waals surface area (Å²) < 4.78 is 0. The molecule has 1 aromatic heterocycles. The van der Waals surface area contributed by atoms with Gasteiger partial charge in [-0.2, -0.15) is 0 Å². The number of hydrogen-bond acceptors (Lipinski definition) is 3. The zero-order chi connectivity index (χ0) is 14.0. The van der Waals surface area contributed by atoms with Crippen LogP contribution in [-0.4, -0.2) is 28.9 Å². The van der Waals surface area contributed by atoms with Crippen molar-refractivity contribution in [2.24, 2.45) is 11.3 Å². The second-order valence-corrected chi connectivity index (χ2v) is 6.40. The van der Waals surface area contributed by atoms with Crippen LogP contribution in [0.3, 0.4) is 0 Å². The molecule has 0 unspecified atom stereocenters. The lowest BCUT2D eigenvalue weighted by Crippen LogP contribution is -2.41. The van der Waals surface area contributed by atoms with E-state index in [0.717, 1.165) is 25.9 Å². The van der Waals surface area contributed by atoms with Gasteiger partial charge in [-0.05, 0) is 36.3 Å². The third kappa shape index (κ3) is 3.25. The Labute approximate surface area is 115 Å². The number of anilines is 1. The van der Waals surface area contributed by atoms with Crippen molar-refractivity contribution in [3.8, 4) is 0 Å². The van der Waals surface area contributed by atoms with Gasteiger partial charge >= 0.3 is 0 Å². The van der Waals surface area contributed by atoms with Crippen molar-refractivity contribution in [3.63, 3.8) is 0 Å². The van der Waals surface area contributed by atoms with Gasteiger partial charge in [-0.1, -0.05) is 20.8 Å². The molecule has 0 radical (unpaired) electrons. The number of amides is 1. The van der Waals surface area contributed by atoms with Crippen LogP contribution in [0.15, 0.2) is 18.3 Å². The molecule has 2 heterocycles. The lowest BCUT2D eigenvalue weighted by atomic mass is 9.75. The van der Waals surface area contributed by atoms with Crippen molar-refractivity contribution in [2.45, 2.75) is 33.6 Å². The molecule has 0 spiro atoms. The summed E-state index contributed by atoms with van der Waals surface area (Å²) in [5.41, 5.74) is 6.49. The van der Waals surface area contributed by atoms with Crippen LogP contribution in [0.25, 0.3) is 0 Å². The van der Waals surface area contributed by atoms with Gasteiger partial charge in [0.1, 0.15) is 5.82 Å². The summed E-state index contributed by atoms with van der Waals surface area (Å²) in [5, 5.41) is 0. The number of carbonyl (C=O) groups is 1. The Balaban J connectivity index is 1.98. The average molecular weight is 261 g/mol. The Kier molecular flexibility index (Phi) is 3.78. The van der Waals surface area contributed by atoms with Crippen molar-refractivity contribution < 1.29 is 4.79 Å². The van der Waals surface area contributed by atoms with Gasteiger partial charge in [-0.3, -0.25) is 4.79 Å². The molecule has 2 rings (SSSR count). The Morgan fingerprint density at radius 2 is 1.95 bits per heavy atom. The fourth-order valence-corrected chi connectivity index (χ4v) is 2.66. The zero-order valence-corrected chi connectivity index (χ0v) is 12.0. The van der Waals surface area contributed by atoms with Gasteiger partial charge in [0.15, 0.2) is 0 Å². The highest BCUT2D eigenvalue weighted by atomic mass is 16.2. The van der Waals surface area contributed by atoms with E-state index in [1.165, 1.54) is 0 Å². The first-order valence-corrected chi connectivity index (χ1v) is 6.89. The highest BCUT2D eigenvalue weighted by molar-refractivity contribution is 5.94. The zero-order valence-electron chi connectivity index (χ0n) is 12.0. The molecule has 0 bridgehead atoms. The second-order valence-electron chi connectivity index (χ2n) is 6.40. The van der Waals surface area contributed by atoms with Crippen LogP contribution >= 0.6 is 0 Å². The number of carbonyl (C=O) groups excluding carboxylic acids is 1. The van der Waals surface area contributed by atoms with Crippen LogP contribution in [0.1, 0.15) is 44.0 Å². The van der Waals surface area contributed by atoms with Crippen LogP contribution in [-0.2, 0) is 0 Å². The first-order chi connectivity index (χ1) is 8.88. The first-order valence-electron chi connectivity index (χ1n) is 6.89. The molecule has 0 atom stereocenters. The van der Waals surface area contributed by atoms with E-state index in [4.69, 9.17) is 5.73 Å². The summed E-state index contributed by atoms with van der Waals surface area (Å²) in [5.74, 6) is 1.21. The lowest BCUT2D eigenvalue weighted by molar-refractivity contribution is 0.0608. The van der Waals surface area contributed by atoms with Crippen molar-refractivity contribution >= 4 is 11.7 Å². The summed E-state index contributed by atoms with van der Waals surface area (Å²) in [7, 11) is 0. The highest BCUT2D eigenvalue weighted by Crippen LogP contribution is 2.34. The van der Waals surface area contributed by atoms with Gasteiger partial charge < -0.3 is 10.6 Å². The SMILES string of the molecule is CC(C)(C)C1CCN(C(=O)c2ccc(N)nc2)CC1. The third-order valence-electron chi connectivity index (χ3n) is 4.04. The van der Waals surface area contributed by atoms with E-state index in [9.17, 15) is 4.79 Å². The number of hydrogen-bond donors (Lipinski definition) is 1. The minimum absolute atomic E-state index is 0.0693. The Bertz CT molecular complexity index is 439. The molecular formula is C15H23N3O. The number of rotatable bonds is 1. The monoisotopic (exact) mass is 261 g/mol. The molecule has 1 saturated heterocycles. The number of pyridine rings is 1. The van der Waals surface area contributed by atoms with Gasteiger partial charge in [-0.15, -0.1) is 0 Å². The number of likely N-dealkylation sites (tertiary alicyclic amines) is 1.